The van der Waals surface area contributed by atoms with Crippen LogP contribution in [0, 0.1) is 5.92 Å². The van der Waals surface area contributed by atoms with Gasteiger partial charge in [0.15, 0.2) is 0 Å². The third kappa shape index (κ3) is 3.44. The second-order valence-corrected chi connectivity index (χ2v) is 6.29. The number of amides is 1. The Balaban J connectivity index is 2.15. The number of benzene rings is 1. The number of carbonyl (C=O) groups is 1. The highest BCUT2D eigenvalue weighted by Gasteiger charge is 2.24. The third-order valence-electron chi connectivity index (χ3n) is 3.48. The first-order chi connectivity index (χ1) is 9.15. The fraction of sp³-hybridized carbons (Fsp3) is 0.500. The summed E-state index contributed by atoms with van der Waals surface area (Å²) in [5.41, 5.74) is 6.75. The summed E-state index contributed by atoms with van der Waals surface area (Å²) in [6.07, 6.45) is 1.71. The molecule has 0 saturated heterocycles. The lowest BCUT2D eigenvalue weighted by atomic mass is 10.0. The van der Waals surface area contributed by atoms with Crippen LogP contribution in [0.15, 0.2) is 23.1 Å². The monoisotopic (exact) mass is 298 g/mol. The molecule has 2 rings (SSSR count). The van der Waals surface area contributed by atoms with E-state index in [1.807, 2.05) is 36.9 Å². The van der Waals surface area contributed by atoms with Crippen molar-refractivity contribution in [2.75, 3.05) is 12.3 Å². The molecule has 5 heteroatoms. The molecule has 0 fully saturated rings. The molecule has 0 bridgehead atoms. The molecule has 19 heavy (non-hydrogen) atoms. The predicted octanol–water partition coefficient (Wildman–Crippen LogP) is 2.98. The van der Waals surface area contributed by atoms with Crippen molar-refractivity contribution in [3.8, 4) is 0 Å². The van der Waals surface area contributed by atoms with Crippen molar-refractivity contribution >= 4 is 29.3 Å². The number of hydrogen-bond acceptors (Lipinski definition) is 3. The van der Waals surface area contributed by atoms with Crippen molar-refractivity contribution in [2.24, 2.45) is 11.7 Å². The van der Waals surface area contributed by atoms with E-state index in [0.29, 0.717) is 11.6 Å². The Bertz CT molecular complexity index is 463. The van der Waals surface area contributed by atoms with Crippen molar-refractivity contribution in [3.63, 3.8) is 0 Å². The van der Waals surface area contributed by atoms with E-state index in [4.69, 9.17) is 17.3 Å². The summed E-state index contributed by atoms with van der Waals surface area (Å²) in [5, 5.41) is 3.83. The molecular weight excluding hydrogens is 280 g/mol. The van der Waals surface area contributed by atoms with Crippen molar-refractivity contribution in [1.82, 2.24) is 5.32 Å². The van der Waals surface area contributed by atoms with Gasteiger partial charge in [-0.2, -0.15) is 0 Å². The van der Waals surface area contributed by atoms with Crippen LogP contribution >= 0.6 is 23.4 Å². The zero-order valence-corrected chi connectivity index (χ0v) is 12.6. The van der Waals surface area contributed by atoms with Gasteiger partial charge in [0.2, 0.25) is 5.91 Å². The largest absolute Gasteiger partial charge is 0.349 e. The van der Waals surface area contributed by atoms with Crippen LogP contribution in [0.4, 0.5) is 0 Å². The smallest absolute Gasteiger partial charge is 0.224 e. The second-order valence-electron chi connectivity index (χ2n) is 4.72. The number of carbonyl (C=O) groups excluding carboxylic acids is 1. The normalized spacial score (nSPS) is 19.6. The quantitative estimate of drug-likeness (QED) is 0.898. The Morgan fingerprint density at radius 1 is 1.63 bits per heavy atom. The van der Waals surface area contributed by atoms with Gasteiger partial charge in [-0.05, 0) is 36.6 Å². The fourth-order valence-corrected chi connectivity index (χ4v) is 3.55. The van der Waals surface area contributed by atoms with E-state index in [1.165, 1.54) is 4.90 Å². The summed E-state index contributed by atoms with van der Waals surface area (Å²) in [5.74, 6) is 0.962. The van der Waals surface area contributed by atoms with Gasteiger partial charge < -0.3 is 11.1 Å². The van der Waals surface area contributed by atoms with Crippen molar-refractivity contribution < 1.29 is 4.79 Å². The van der Waals surface area contributed by atoms with Gasteiger partial charge in [-0.1, -0.05) is 18.5 Å². The van der Waals surface area contributed by atoms with Crippen LogP contribution in [0.5, 0.6) is 0 Å². The van der Waals surface area contributed by atoms with Gasteiger partial charge in [-0.3, -0.25) is 4.79 Å². The van der Waals surface area contributed by atoms with E-state index in [-0.39, 0.29) is 17.9 Å². The number of rotatable bonds is 4. The van der Waals surface area contributed by atoms with Gasteiger partial charge in [-0.15, -0.1) is 11.8 Å². The third-order valence-corrected chi connectivity index (χ3v) is 4.83. The Labute approximate surface area is 123 Å². The first-order valence-corrected chi connectivity index (χ1v) is 7.94. The molecular formula is C14H19ClN2OS. The first-order valence-electron chi connectivity index (χ1n) is 6.58. The van der Waals surface area contributed by atoms with E-state index in [9.17, 15) is 4.79 Å². The van der Waals surface area contributed by atoms with Gasteiger partial charge in [-0.25, -0.2) is 0 Å². The molecule has 1 heterocycles. The lowest BCUT2D eigenvalue weighted by Gasteiger charge is -2.27. The number of thioether (sulfide) groups is 1. The summed E-state index contributed by atoms with van der Waals surface area (Å²) >= 11 is 7.87. The molecule has 2 atom stereocenters. The van der Waals surface area contributed by atoms with Crippen LogP contribution in [0.25, 0.3) is 0 Å². The summed E-state index contributed by atoms with van der Waals surface area (Å²) in [4.78, 5) is 13.3. The molecule has 104 valence electrons. The highest BCUT2D eigenvalue weighted by molar-refractivity contribution is 7.99. The molecule has 0 aromatic heterocycles. The van der Waals surface area contributed by atoms with Crippen molar-refractivity contribution in [3.05, 3.63) is 28.8 Å². The highest BCUT2D eigenvalue weighted by atomic mass is 35.5. The SMILES string of the molecule is CCC(CN)C(=O)NC1CCSc2ccc(Cl)cc21. The van der Waals surface area contributed by atoms with Gasteiger partial charge in [0.25, 0.3) is 0 Å². The average molecular weight is 299 g/mol. The van der Waals surface area contributed by atoms with Gasteiger partial charge in [0.05, 0.1) is 6.04 Å². The van der Waals surface area contributed by atoms with Gasteiger partial charge >= 0.3 is 0 Å². The van der Waals surface area contributed by atoms with Crippen LogP contribution in [0.2, 0.25) is 5.02 Å². The maximum atomic E-state index is 12.1. The van der Waals surface area contributed by atoms with E-state index >= 15 is 0 Å². The Hall–Kier alpha value is -0.710. The van der Waals surface area contributed by atoms with E-state index < -0.39 is 0 Å². The summed E-state index contributed by atoms with van der Waals surface area (Å²) < 4.78 is 0. The molecule has 3 nitrogen and oxygen atoms in total. The van der Waals surface area contributed by atoms with Crippen LogP contribution in [0.3, 0.4) is 0 Å². The zero-order chi connectivity index (χ0) is 13.8. The molecule has 0 radical (unpaired) electrons. The Morgan fingerprint density at radius 2 is 2.42 bits per heavy atom. The highest BCUT2D eigenvalue weighted by Crippen LogP contribution is 2.37. The van der Waals surface area contributed by atoms with Gasteiger partial charge in [0.1, 0.15) is 0 Å². The Kier molecular flexibility index (Phi) is 5.13. The molecule has 3 N–H and O–H groups in total. The lowest BCUT2D eigenvalue weighted by molar-refractivity contribution is -0.125. The molecule has 0 saturated carbocycles. The maximum Gasteiger partial charge on any atom is 0.224 e. The molecule has 0 spiro atoms. The minimum atomic E-state index is -0.0998. The van der Waals surface area contributed by atoms with E-state index in [1.54, 1.807) is 0 Å². The predicted molar refractivity (Wildman–Crippen MR) is 80.5 cm³/mol. The molecule has 1 aliphatic rings. The minimum absolute atomic E-state index is 0.0489. The molecule has 1 aromatic rings. The zero-order valence-electron chi connectivity index (χ0n) is 11.0. The molecule has 1 amide bonds. The maximum absolute atomic E-state index is 12.1. The lowest BCUT2D eigenvalue weighted by Crippen LogP contribution is -2.38. The van der Waals surface area contributed by atoms with E-state index in [0.717, 1.165) is 24.2 Å². The molecule has 2 unspecified atom stereocenters. The van der Waals surface area contributed by atoms with Gasteiger partial charge in [0, 0.05) is 28.1 Å². The molecule has 1 aliphatic heterocycles. The van der Waals surface area contributed by atoms with Crippen LogP contribution in [-0.4, -0.2) is 18.2 Å². The molecule has 1 aromatic carbocycles. The first kappa shape index (κ1) is 14.7. The van der Waals surface area contributed by atoms with Crippen LogP contribution in [0.1, 0.15) is 31.4 Å². The van der Waals surface area contributed by atoms with Crippen LogP contribution in [-0.2, 0) is 4.79 Å². The topological polar surface area (TPSA) is 55.1 Å². The minimum Gasteiger partial charge on any atom is -0.349 e. The summed E-state index contributed by atoms with van der Waals surface area (Å²) in [6, 6.07) is 5.94. The molecule has 0 aliphatic carbocycles. The number of nitrogens with two attached hydrogens (primary N) is 1. The van der Waals surface area contributed by atoms with Crippen molar-refractivity contribution in [2.45, 2.75) is 30.7 Å². The Morgan fingerprint density at radius 3 is 3.11 bits per heavy atom. The van der Waals surface area contributed by atoms with E-state index in [2.05, 4.69) is 5.32 Å². The number of nitrogens with one attached hydrogen (secondary N) is 1. The number of halogens is 1. The number of hydrogen-bond donors (Lipinski definition) is 2. The van der Waals surface area contributed by atoms with Crippen molar-refractivity contribution in [1.29, 1.82) is 0 Å². The summed E-state index contributed by atoms with van der Waals surface area (Å²) in [6.45, 7) is 2.38. The summed E-state index contributed by atoms with van der Waals surface area (Å²) in [7, 11) is 0. The number of fused-ring (bicyclic) bond motifs is 1. The second kappa shape index (κ2) is 6.64. The van der Waals surface area contributed by atoms with Crippen LogP contribution < -0.4 is 11.1 Å². The fourth-order valence-electron chi connectivity index (χ4n) is 2.26. The standard InChI is InChI=1S/C14H19ClN2OS/c1-2-9(8-16)14(18)17-12-5-6-19-13-4-3-10(15)7-11(12)13/h3-4,7,9,12H,2,5-6,8,16H2,1H3,(H,17,18). The average Bonchev–Trinajstić information content (AvgIpc) is 2.41.